The molecule has 1 nitrogen and oxygen atoms in total. The Balaban J connectivity index is 1.30. The molecular weight excluding hydrogens is 544 g/mol. The first-order valence-electron chi connectivity index (χ1n) is 15.7. The molecule has 0 saturated heterocycles. The Morgan fingerprint density at radius 2 is 0.889 bits per heavy atom. The van der Waals surface area contributed by atoms with Crippen molar-refractivity contribution in [1.82, 2.24) is 0 Å². The van der Waals surface area contributed by atoms with Gasteiger partial charge in [-0.15, -0.1) is 0 Å². The predicted molar refractivity (Wildman–Crippen MR) is 189 cm³/mol. The van der Waals surface area contributed by atoms with Crippen LogP contribution in [-0.2, 0) is 0 Å². The highest BCUT2D eigenvalue weighted by atomic mass is 16.5. The Hall–Kier alpha value is -5.66. The molecule has 0 fully saturated rings. The standard InChI is InChI=1S/C44H30O/c1-3-13-29(14-4-1)30-23-25-32(26-24-30)42-34-17-7-9-19-36(34)43(37-20-10-8-18-35(37)42)33-27-39(31-15-5-2-6-16-31)44-38-21-11-12-22-40(38)45-41(44)28-33/h1-28,38,40H. The number of hydrogen-bond acceptors (Lipinski definition) is 1. The third kappa shape index (κ3) is 4.24. The first kappa shape index (κ1) is 25.8. The fourth-order valence-electron chi connectivity index (χ4n) is 7.39. The maximum Gasteiger partial charge on any atom is 0.128 e. The molecule has 1 aliphatic heterocycles. The summed E-state index contributed by atoms with van der Waals surface area (Å²) in [6.45, 7) is 0. The van der Waals surface area contributed by atoms with Gasteiger partial charge >= 0.3 is 0 Å². The summed E-state index contributed by atoms with van der Waals surface area (Å²) < 4.78 is 6.66. The molecule has 0 bridgehead atoms. The minimum Gasteiger partial charge on any atom is -0.485 e. The zero-order chi connectivity index (χ0) is 29.7. The molecule has 2 unspecified atom stereocenters. The maximum atomic E-state index is 6.66. The average molecular weight is 575 g/mol. The van der Waals surface area contributed by atoms with Gasteiger partial charge in [-0.1, -0.05) is 152 Å². The molecule has 45 heavy (non-hydrogen) atoms. The topological polar surface area (TPSA) is 9.23 Å². The molecule has 2 atom stereocenters. The van der Waals surface area contributed by atoms with Crippen LogP contribution < -0.4 is 4.74 Å². The van der Waals surface area contributed by atoms with Crippen LogP contribution in [0.1, 0.15) is 11.5 Å². The minimum atomic E-state index is 0.0254. The van der Waals surface area contributed by atoms with Gasteiger partial charge in [0, 0.05) is 11.5 Å². The first-order chi connectivity index (χ1) is 22.3. The van der Waals surface area contributed by atoms with Gasteiger partial charge in [0.2, 0.25) is 0 Å². The number of rotatable bonds is 4. The Morgan fingerprint density at radius 1 is 0.400 bits per heavy atom. The molecule has 0 radical (unpaired) electrons. The van der Waals surface area contributed by atoms with Crippen LogP contribution in [0.25, 0.3) is 66.1 Å². The lowest BCUT2D eigenvalue weighted by Gasteiger charge is -2.20. The van der Waals surface area contributed by atoms with E-state index in [0.29, 0.717) is 0 Å². The molecule has 0 aromatic heterocycles. The molecule has 0 amide bonds. The van der Waals surface area contributed by atoms with Gasteiger partial charge in [0.25, 0.3) is 0 Å². The summed E-state index contributed by atoms with van der Waals surface area (Å²) in [5, 5.41) is 4.99. The van der Waals surface area contributed by atoms with E-state index in [1.54, 1.807) is 0 Å². The van der Waals surface area contributed by atoms with E-state index in [0.717, 1.165) is 5.75 Å². The van der Waals surface area contributed by atoms with Crippen LogP contribution >= 0.6 is 0 Å². The molecule has 0 spiro atoms. The fourth-order valence-corrected chi connectivity index (χ4v) is 7.39. The van der Waals surface area contributed by atoms with E-state index in [-0.39, 0.29) is 12.0 Å². The van der Waals surface area contributed by atoms with Crippen LogP contribution in [0.15, 0.2) is 170 Å². The second-order valence-electron chi connectivity index (χ2n) is 12.0. The van der Waals surface area contributed by atoms with Gasteiger partial charge in [-0.2, -0.15) is 0 Å². The van der Waals surface area contributed by atoms with Crippen molar-refractivity contribution in [2.24, 2.45) is 0 Å². The van der Waals surface area contributed by atoms with Gasteiger partial charge < -0.3 is 4.74 Å². The predicted octanol–water partition coefficient (Wildman–Crippen LogP) is 11.6. The van der Waals surface area contributed by atoms with E-state index >= 15 is 0 Å². The van der Waals surface area contributed by atoms with Gasteiger partial charge in [0.15, 0.2) is 0 Å². The largest absolute Gasteiger partial charge is 0.485 e. The molecule has 2 aliphatic rings. The van der Waals surface area contributed by atoms with Crippen LogP contribution in [0.4, 0.5) is 0 Å². The van der Waals surface area contributed by atoms with Crippen molar-refractivity contribution in [3.63, 3.8) is 0 Å². The van der Waals surface area contributed by atoms with Crippen LogP contribution in [0.5, 0.6) is 5.75 Å². The molecule has 212 valence electrons. The van der Waals surface area contributed by atoms with Crippen LogP contribution in [-0.4, -0.2) is 6.10 Å². The van der Waals surface area contributed by atoms with E-state index in [4.69, 9.17) is 4.74 Å². The van der Waals surface area contributed by atoms with E-state index in [2.05, 4.69) is 170 Å². The van der Waals surface area contributed by atoms with Crippen molar-refractivity contribution < 1.29 is 4.74 Å². The van der Waals surface area contributed by atoms with Gasteiger partial charge in [0.1, 0.15) is 11.9 Å². The molecule has 0 N–H and O–H groups in total. The Bertz CT molecular complexity index is 2220. The summed E-state index contributed by atoms with van der Waals surface area (Å²) in [5.74, 6) is 1.19. The second-order valence-corrected chi connectivity index (χ2v) is 12.0. The molecule has 0 saturated carbocycles. The summed E-state index contributed by atoms with van der Waals surface area (Å²) in [5.41, 5.74) is 11.1. The van der Waals surface area contributed by atoms with Crippen molar-refractivity contribution in [3.05, 3.63) is 175 Å². The van der Waals surface area contributed by atoms with Gasteiger partial charge in [-0.3, -0.25) is 0 Å². The molecule has 1 heteroatoms. The highest BCUT2D eigenvalue weighted by molar-refractivity contribution is 6.21. The van der Waals surface area contributed by atoms with E-state index < -0.39 is 0 Å². The van der Waals surface area contributed by atoms with Crippen molar-refractivity contribution in [3.8, 4) is 50.3 Å². The highest BCUT2D eigenvalue weighted by Gasteiger charge is 2.35. The SMILES string of the molecule is C1=CC2Oc3cc(-c4c5ccccc5c(-c5ccc(-c6ccccc6)cc5)c5ccccc45)cc(-c4ccccc4)c3C2C=C1. The van der Waals surface area contributed by atoms with E-state index in [1.807, 2.05) is 0 Å². The van der Waals surface area contributed by atoms with Crippen molar-refractivity contribution in [2.45, 2.75) is 12.0 Å². The number of ether oxygens (including phenoxy) is 1. The van der Waals surface area contributed by atoms with Gasteiger partial charge in [-0.25, -0.2) is 0 Å². The van der Waals surface area contributed by atoms with Crippen molar-refractivity contribution >= 4 is 21.5 Å². The van der Waals surface area contributed by atoms with Crippen LogP contribution in [0.3, 0.4) is 0 Å². The first-order valence-corrected chi connectivity index (χ1v) is 15.7. The zero-order valence-electron chi connectivity index (χ0n) is 24.7. The fraction of sp³-hybridized carbons (Fsp3) is 0.0455. The Morgan fingerprint density at radius 3 is 1.51 bits per heavy atom. The monoisotopic (exact) mass is 574 g/mol. The lowest BCUT2D eigenvalue weighted by molar-refractivity contribution is 0.269. The second kappa shape index (κ2) is 10.5. The summed E-state index contributed by atoms with van der Waals surface area (Å²) in [6, 6.07) is 52.8. The molecular formula is C44H30O. The van der Waals surface area contributed by atoms with Crippen molar-refractivity contribution in [2.75, 3.05) is 0 Å². The summed E-state index contributed by atoms with van der Waals surface area (Å²) >= 11 is 0. The zero-order valence-corrected chi connectivity index (χ0v) is 24.7. The number of fused-ring (bicyclic) bond motifs is 5. The van der Waals surface area contributed by atoms with Crippen molar-refractivity contribution in [1.29, 1.82) is 0 Å². The number of benzene rings is 7. The minimum absolute atomic E-state index is 0.0254. The summed E-state index contributed by atoms with van der Waals surface area (Å²) in [6.07, 6.45) is 8.74. The van der Waals surface area contributed by atoms with E-state index in [9.17, 15) is 0 Å². The van der Waals surface area contributed by atoms with Gasteiger partial charge in [-0.05, 0) is 84.3 Å². The van der Waals surface area contributed by atoms with Crippen LogP contribution in [0, 0.1) is 0 Å². The third-order valence-electron chi connectivity index (χ3n) is 9.41. The number of hydrogen-bond donors (Lipinski definition) is 0. The molecule has 9 rings (SSSR count). The lowest BCUT2D eigenvalue weighted by atomic mass is 9.82. The molecule has 7 aromatic rings. The lowest BCUT2D eigenvalue weighted by Crippen LogP contribution is -2.15. The summed E-state index contributed by atoms with van der Waals surface area (Å²) in [4.78, 5) is 0. The maximum absolute atomic E-state index is 6.66. The van der Waals surface area contributed by atoms with Gasteiger partial charge in [0.05, 0.1) is 0 Å². The Labute approximate surface area is 263 Å². The van der Waals surface area contributed by atoms with E-state index in [1.165, 1.54) is 71.6 Å². The normalized spacial score (nSPS) is 16.4. The quantitative estimate of drug-likeness (QED) is 0.190. The summed E-state index contributed by atoms with van der Waals surface area (Å²) in [7, 11) is 0. The average Bonchev–Trinajstić information content (AvgIpc) is 3.49. The molecule has 1 aliphatic carbocycles. The number of allylic oxidation sites excluding steroid dienone is 2. The molecule has 1 heterocycles. The smallest absolute Gasteiger partial charge is 0.128 e. The Kier molecular flexibility index (Phi) is 6.02. The van der Waals surface area contributed by atoms with Crippen LogP contribution in [0.2, 0.25) is 0 Å². The third-order valence-corrected chi connectivity index (χ3v) is 9.41. The highest BCUT2D eigenvalue weighted by Crippen LogP contribution is 2.51. The molecule has 7 aromatic carbocycles.